The van der Waals surface area contributed by atoms with Crippen molar-refractivity contribution in [3.63, 3.8) is 0 Å². The molecule has 1 aromatic heterocycles. The Balaban J connectivity index is 1.26. The van der Waals surface area contributed by atoms with Crippen LogP contribution in [0.4, 0.5) is 4.39 Å². The third-order valence-corrected chi connectivity index (χ3v) is 6.29. The second-order valence-corrected chi connectivity index (χ2v) is 8.19. The number of fused-ring (bicyclic) bond motifs is 2. The van der Waals surface area contributed by atoms with E-state index in [1.807, 2.05) is 6.20 Å². The zero-order valence-electron chi connectivity index (χ0n) is 16.5. The van der Waals surface area contributed by atoms with Gasteiger partial charge in [0, 0.05) is 43.9 Å². The fourth-order valence-corrected chi connectivity index (χ4v) is 4.77. The molecule has 0 atom stereocenters. The highest BCUT2D eigenvalue weighted by Gasteiger charge is 2.37. The van der Waals surface area contributed by atoms with Crippen LogP contribution < -0.4 is 5.73 Å². The molecule has 0 unspecified atom stereocenters. The number of H-pyrrole nitrogens is 1. The number of amides is 2. The van der Waals surface area contributed by atoms with E-state index >= 15 is 0 Å². The quantitative estimate of drug-likeness (QED) is 0.699. The van der Waals surface area contributed by atoms with Gasteiger partial charge in [0.25, 0.3) is 5.91 Å². The Hall–Kier alpha value is -3.19. The van der Waals surface area contributed by atoms with Gasteiger partial charge in [0.1, 0.15) is 5.82 Å². The number of piperidine rings is 1. The number of benzene rings is 2. The van der Waals surface area contributed by atoms with Gasteiger partial charge >= 0.3 is 0 Å². The number of carbonyl (C=O) groups excluding carboxylic acids is 2. The molecule has 2 aromatic carbocycles. The van der Waals surface area contributed by atoms with Crippen LogP contribution in [0.25, 0.3) is 10.9 Å². The summed E-state index contributed by atoms with van der Waals surface area (Å²) in [4.78, 5) is 32.1. The first-order valence-corrected chi connectivity index (χ1v) is 10.2. The molecule has 7 heteroatoms. The monoisotopic (exact) mass is 406 g/mol. The Labute approximate surface area is 173 Å². The van der Waals surface area contributed by atoms with Crippen molar-refractivity contribution in [1.82, 2.24) is 14.8 Å². The van der Waals surface area contributed by atoms with Gasteiger partial charge in [-0.15, -0.1) is 0 Å². The Morgan fingerprint density at radius 3 is 2.73 bits per heavy atom. The lowest BCUT2D eigenvalue weighted by Crippen LogP contribution is -2.44. The predicted molar refractivity (Wildman–Crippen MR) is 111 cm³/mol. The fourth-order valence-electron chi connectivity index (χ4n) is 4.77. The van der Waals surface area contributed by atoms with E-state index in [9.17, 15) is 14.0 Å². The van der Waals surface area contributed by atoms with Crippen LogP contribution in [0.15, 0.2) is 42.6 Å². The van der Waals surface area contributed by atoms with Crippen molar-refractivity contribution in [3.05, 3.63) is 70.7 Å². The van der Waals surface area contributed by atoms with E-state index in [-0.39, 0.29) is 23.1 Å². The van der Waals surface area contributed by atoms with Crippen molar-refractivity contribution in [2.45, 2.75) is 32.0 Å². The van der Waals surface area contributed by atoms with Gasteiger partial charge in [-0.2, -0.15) is 0 Å². The van der Waals surface area contributed by atoms with Crippen LogP contribution in [-0.4, -0.2) is 45.7 Å². The van der Waals surface area contributed by atoms with Crippen LogP contribution in [0.5, 0.6) is 0 Å². The number of rotatable bonds is 4. The molecule has 2 aliphatic rings. The third-order valence-electron chi connectivity index (χ3n) is 6.29. The number of primary amides is 1. The first-order chi connectivity index (χ1) is 14.5. The van der Waals surface area contributed by atoms with E-state index in [1.54, 1.807) is 4.90 Å². The summed E-state index contributed by atoms with van der Waals surface area (Å²) in [6.07, 6.45) is 3.64. The molecule has 2 aliphatic heterocycles. The minimum Gasteiger partial charge on any atom is -0.366 e. The van der Waals surface area contributed by atoms with E-state index in [2.05, 4.69) is 34.1 Å². The Morgan fingerprint density at radius 1 is 1.17 bits per heavy atom. The van der Waals surface area contributed by atoms with Crippen LogP contribution in [0.2, 0.25) is 0 Å². The highest BCUT2D eigenvalue weighted by molar-refractivity contribution is 6.09. The number of aromatic nitrogens is 1. The highest BCUT2D eigenvalue weighted by atomic mass is 19.1. The maximum absolute atomic E-state index is 13.9. The number of nitrogens with zero attached hydrogens (tertiary/aromatic N) is 2. The van der Waals surface area contributed by atoms with Gasteiger partial charge < -0.3 is 15.6 Å². The summed E-state index contributed by atoms with van der Waals surface area (Å²) < 4.78 is 13.9. The van der Waals surface area contributed by atoms with Crippen molar-refractivity contribution in [3.8, 4) is 0 Å². The summed E-state index contributed by atoms with van der Waals surface area (Å²) in [6, 6.07) is 11.0. The van der Waals surface area contributed by atoms with Crippen LogP contribution in [0.1, 0.15) is 44.7 Å². The maximum Gasteiger partial charge on any atom is 0.255 e. The molecule has 0 spiro atoms. The van der Waals surface area contributed by atoms with Crippen LogP contribution in [0.3, 0.4) is 0 Å². The molecule has 0 saturated carbocycles. The lowest BCUT2D eigenvalue weighted by Gasteiger charge is -2.36. The molecular formula is C23H23FN4O2. The SMILES string of the molecule is NC(=O)c1cc(F)cc2c1C(=O)N(C1CCN(Cc3ccc4cc[nH]c4c3)CC1)C2. The number of halogens is 1. The molecular weight excluding hydrogens is 383 g/mol. The molecule has 3 heterocycles. The van der Waals surface area contributed by atoms with E-state index < -0.39 is 11.7 Å². The predicted octanol–water partition coefficient (Wildman–Crippen LogP) is 3.03. The molecule has 3 aromatic rings. The van der Waals surface area contributed by atoms with Gasteiger partial charge in [-0.05, 0) is 53.6 Å². The van der Waals surface area contributed by atoms with Crippen molar-refractivity contribution < 1.29 is 14.0 Å². The second-order valence-electron chi connectivity index (χ2n) is 8.19. The molecule has 1 fully saturated rings. The molecule has 0 bridgehead atoms. The van der Waals surface area contributed by atoms with Gasteiger partial charge in [0.2, 0.25) is 5.91 Å². The molecule has 30 heavy (non-hydrogen) atoms. The normalized spacial score (nSPS) is 17.6. The van der Waals surface area contributed by atoms with Crippen LogP contribution in [-0.2, 0) is 13.1 Å². The van der Waals surface area contributed by atoms with Crippen LogP contribution in [0, 0.1) is 5.82 Å². The summed E-state index contributed by atoms with van der Waals surface area (Å²) in [5.74, 6) is -1.52. The van der Waals surface area contributed by atoms with E-state index in [0.29, 0.717) is 12.1 Å². The number of likely N-dealkylation sites (tertiary alicyclic amines) is 1. The van der Waals surface area contributed by atoms with Crippen LogP contribution >= 0.6 is 0 Å². The fraction of sp³-hybridized carbons (Fsp3) is 0.304. The lowest BCUT2D eigenvalue weighted by atomic mass is 10.0. The molecule has 154 valence electrons. The number of hydrogen-bond acceptors (Lipinski definition) is 3. The average Bonchev–Trinajstić information content (AvgIpc) is 3.32. The van der Waals surface area contributed by atoms with Gasteiger partial charge in [0.15, 0.2) is 0 Å². The number of carbonyl (C=O) groups is 2. The van der Waals surface area contributed by atoms with E-state index in [4.69, 9.17) is 5.73 Å². The first kappa shape index (κ1) is 18.8. The summed E-state index contributed by atoms with van der Waals surface area (Å²) in [6.45, 7) is 2.96. The third kappa shape index (κ3) is 3.25. The molecule has 3 N–H and O–H groups in total. The summed E-state index contributed by atoms with van der Waals surface area (Å²) >= 11 is 0. The van der Waals surface area contributed by atoms with Gasteiger partial charge in [-0.25, -0.2) is 4.39 Å². The maximum atomic E-state index is 13.9. The van der Waals surface area contributed by atoms with Gasteiger partial charge in [0.05, 0.1) is 11.1 Å². The van der Waals surface area contributed by atoms with Gasteiger partial charge in [-0.3, -0.25) is 14.5 Å². The summed E-state index contributed by atoms with van der Waals surface area (Å²) in [5.41, 5.74) is 8.58. The number of hydrogen-bond donors (Lipinski definition) is 2. The highest BCUT2D eigenvalue weighted by Crippen LogP contribution is 2.31. The minimum atomic E-state index is -0.769. The minimum absolute atomic E-state index is 0.0188. The van der Waals surface area contributed by atoms with Crippen molar-refractivity contribution in [2.75, 3.05) is 13.1 Å². The average molecular weight is 406 g/mol. The number of nitrogens with one attached hydrogen (secondary N) is 1. The number of nitrogens with two attached hydrogens (primary N) is 1. The van der Waals surface area contributed by atoms with E-state index in [1.165, 1.54) is 17.0 Å². The molecule has 6 nitrogen and oxygen atoms in total. The molecule has 0 radical (unpaired) electrons. The Kier molecular flexibility index (Phi) is 4.55. The summed E-state index contributed by atoms with van der Waals surface area (Å²) in [5, 5.41) is 1.20. The molecule has 1 saturated heterocycles. The summed E-state index contributed by atoms with van der Waals surface area (Å²) in [7, 11) is 0. The molecule has 2 amide bonds. The molecule has 5 rings (SSSR count). The zero-order chi connectivity index (χ0) is 20.8. The standard InChI is InChI=1S/C23H23FN4O2/c24-17-10-16-13-28(23(30)21(16)19(11-17)22(25)29)18-4-7-27(8-5-18)12-14-1-2-15-3-6-26-20(15)9-14/h1-3,6,9-11,18,26H,4-5,7-8,12-13H2,(H2,25,29). The van der Waals surface area contributed by atoms with Crippen molar-refractivity contribution in [1.29, 1.82) is 0 Å². The Bertz CT molecular complexity index is 1150. The zero-order valence-corrected chi connectivity index (χ0v) is 16.5. The number of aromatic amines is 1. The molecule has 0 aliphatic carbocycles. The van der Waals surface area contributed by atoms with Gasteiger partial charge in [-0.1, -0.05) is 12.1 Å². The van der Waals surface area contributed by atoms with Crippen molar-refractivity contribution in [2.24, 2.45) is 5.73 Å². The lowest BCUT2D eigenvalue weighted by molar-refractivity contribution is 0.0588. The first-order valence-electron chi connectivity index (χ1n) is 10.2. The largest absolute Gasteiger partial charge is 0.366 e. The Morgan fingerprint density at radius 2 is 1.97 bits per heavy atom. The van der Waals surface area contributed by atoms with Crippen molar-refractivity contribution >= 4 is 22.7 Å². The topological polar surface area (TPSA) is 82.4 Å². The smallest absolute Gasteiger partial charge is 0.255 e. The van der Waals surface area contributed by atoms with E-state index in [0.717, 1.165) is 44.1 Å². The second kappa shape index (κ2) is 7.25.